The molecule has 0 spiro atoms. The van der Waals surface area contributed by atoms with Gasteiger partial charge in [-0.3, -0.25) is 37.3 Å². The maximum Gasteiger partial charge on any atom is 0.472 e. The summed E-state index contributed by atoms with van der Waals surface area (Å²) in [4.78, 5) is 72.6. The van der Waals surface area contributed by atoms with E-state index in [1.165, 1.54) is 180 Å². The SMILES string of the molecule is CCCCCCCCCCCCCCCCCCC(=O)O[C@H](COC(=O)CCCCCCCCCCCCC(C)C)COP(=O)(O)OC[C@@H](O)COP(=O)(O)OC[C@@H](COC(=O)CCCCCCCCC(C)CC)OC(=O)CCCCCCCCCCCCCC. The number of unbranched alkanes of at least 4 members (excludes halogenated alkanes) is 40. The maximum absolute atomic E-state index is 13.0. The van der Waals surface area contributed by atoms with Gasteiger partial charge in [0.15, 0.2) is 12.2 Å². The van der Waals surface area contributed by atoms with Crippen molar-refractivity contribution in [2.45, 2.75) is 387 Å². The molecule has 3 N–H and O–H groups in total. The molecule has 0 aliphatic heterocycles. The molecule has 17 nitrogen and oxygen atoms in total. The Hall–Kier alpha value is -1.94. The lowest BCUT2D eigenvalue weighted by Crippen LogP contribution is -2.30. The zero-order chi connectivity index (χ0) is 67.2. The average molecular weight is 1340 g/mol. The third-order valence-electron chi connectivity index (χ3n) is 17.1. The number of phosphoric ester groups is 2. The number of hydrogen-bond acceptors (Lipinski definition) is 15. The monoisotopic (exact) mass is 1340 g/mol. The van der Waals surface area contributed by atoms with E-state index >= 15 is 0 Å². The first-order chi connectivity index (χ1) is 43.9. The predicted molar refractivity (Wildman–Crippen MR) is 368 cm³/mol. The Balaban J connectivity index is 5.25. The van der Waals surface area contributed by atoms with Gasteiger partial charge in [-0.15, -0.1) is 0 Å². The third-order valence-corrected chi connectivity index (χ3v) is 19.0. The number of esters is 4. The van der Waals surface area contributed by atoms with Crippen LogP contribution >= 0.6 is 15.6 Å². The number of hydrogen-bond donors (Lipinski definition) is 3. The average Bonchev–Trinajstić information content (AvgIpc) is 3.20. The molecule has 3 unspecified atom stereocenters. The van der Waals surface area contributed by atoms with Crippen LogP contribution in [0, 0.1) is 11.8 Å². The smallest absolute Gasteiger partial charge is 0.462 e. The van der Waals surface area contributed by atoms with Crippen molar-refractivity contribution in [1.82, 2.24) is 0 Å². The summed E-state index contributed by atoms with van der Waals surface area (Å²) < 4.78 is 68.4. The first-order valence-corrected chi connectivity index (χ1v) is 40.5. The van der Waals surface area contributed by atoms with Crippen molar-refractivity contribution < 1.29 is 80.2 Å². The van der Waals surface area contributed by atoms with Gasteiger partial charge in [0.05, 0.1) is 26.4 Å². The van der Waals surface area contributed by atoms with Crippen LogP contribution in [0.15, 0.2) is 0 Å². The largest absolute Gasteiger partial charge is 0.472 e. The van der Waals surface area contributed by atoms with Crippen LogP contribution in [0.3, 0.4) is 0 Å². The van der Waals surface area contributed by atoms with E-state index in [4.69, 9.17) is 37.0 Å². The Kier molecular flexibility index (Phi) is 62.7. The molecular formula is C72H140O17P2. The van der Waals surface area contributed by atoms with Gasteiger partial charge in [0.2, 0.25) is 0 Å². The van der Waals surface area contributed by atoms with E-state index in [1.54, 1.807) is 0 Å². The summed E-state index contributed by atoms with van der Waals surface area (Å²) in [5.41, 5.74) is 0. The molecule has 0 aromatic heterocycles. The van der Waals surface area contributed by atoms with Crippen LogP contribution in [0.25, 0.3) is 0 Å². The molecule has 0 saturated carbocycles. The van der Waals surface area contributed by atoms with Crippen LogP contribution in [0.2, 0.25) is 0 Å². The first-order valence-electron chi connectivity index (χ1n) is 37.5. The lowest BCUT2D eigenvalue weighted by atomic mass is 10.00. The highest BCUT2D eigenvalue weighted by Crippen LogP contribution is 2.45. The summed E-state index contributed by atoms with van der Waals surface area (Å²) in [5, 5.41) is 10.6. The van der Waals surface area contributed by atoms with Crippen molar-refractivity contribution in [3.8, 4) is 0 Å². The Morgan fingerprint density at radius 1 is 0.319 bits per heavy atom. The molecule has 0 heterocycles. The fourth-order valence-corrected chi connectivity index (χ4v) is 12.5. The summed E-state index contributed by atoms with van der Waals surface area (Å²) in [7, 11) is -9.90. The number of aliphatic hydroxyl groups is 1. The summed E-state index contributed by atoms with van der Waals surface area (Å²) >= 11 is 0. The van der Waals surface area contributed by atoms with Crippen LogP contribution in [0.4, 0.5) is 0 Å². The standard InChI is InChI=1S/C72H140O17P2/c1-7-10-12-14-16-18-20-22-23-24-25-27-33-37-45-51-57-72(77)88-67(60-82-69(74)54-48-42-35-31-29-28-30-34-40-46-52-64(4)5)62-86-90(78,79)84-58-66(73)59-85-91(80,81)87-63-68(61-83-70(75)55-49-43-39-38-41-47-53-65(6)9-3)89-71(76)56-50-44-36-32-26-21-19-17-15-13-11-8-2/h64-68,73H,7-63H2,1-6H3,(H,78,79)(H,80,81)/t65?,66-,67-,68-/m1/s1. The molecule has 0 aliphatic carbocycles. The number of carbonyl (C=O) groups is 4. The van der Waals surface area contributed by atoms with Gasteiger partial charge in [-0.25, -0.2) is 9.13 Å². The number of aliphatic hydroxyl groups excluding tert-OH is 1. The zero-order valence-corrected chi connectivity index (χ0v) is 60.9. The van der Waals surface area contributed by atoms with Crippen LogP contribution in [-0.4, -0.2) is 96.7 Å². The van der Waals surface area contributed by atoms with Gasteiger partial charge in [0, 0.05) is 25.7 Å². The molecule has 91 heavy (non-hydrogen) atoms. The van der Waals surface area contributed by atoms with Gasteiger partial charge in [-0.1, -0.05) is 318 Å². The van der Waals surface area contributed by atoms with Crippen molar-refractivity contribution in [3.05, 3.63) is 0 Å². The molecular weight excluding hydrogens is 1200 g/mol. The van der Waals surface area contributed by atoms with Crippen molar-refractivity contribution in [2.24, 2.45) is 11.8 Å². The van der Waals surface area contributed by atoms with E-state index in [1.807, 2.05) is 0 Å². The van der Waals surface area contributed by atoms with E-state index < -0.39 is 97.5 Å². The van der Waals surface area contributed by atoms with Gasteiger partial charge < -0.3 is 33.8 Å². The van der Waals surface area contributed by atoms with Crippen molar-refractivity contribution >= 4 is 39.5 Å². The number of ether oxygens (including phenoxy) is 4. The molecule has 0 amide bonds. The topological polar surface area (TPSA) is 237 Å². The Morgan fingerprint density at radius 3 is 0.835 bits per heavy atom. The van der Waals surface area contributed by atoms with Gasteiger partial charge in [-0.2, -0.15) is 0 Å². The molecule has 0 aliphatic rings. The number of carbonyl (C=O) groups excluding carboxylic acids is 4. The minimum absolute atomic E-state index is 0.106. The predicted octanol–water partition coefficient (Wildman–Crippen LogP) is 20.8. The summed E-state index contributed by atoms with van der Waals surface area (Å²) in [5.74, 6) is -0.631. The molecule has 19 heteroatoms. The highest BCUT2D eigenvalue weighted by Gasteiger charge is 2.30. The van der Waals surface area contributed by atoms with E-state index in [0.29, 0.717) is 25.7 Å². The van der Waals surface area contributed by atoms with E-state index in [-0.39, 0.29) is 25.7 Å². The van der Waals surface area contributed by atoms with Gasteiger partial charge in [0.1, 0.15) is 19.3 Å². The fraction of sp³-hybridized carbons (Fsp3) is 0.944. The zero-order valence-electron chi connectivity index (χ0n) is 59.1. The molecule has 0 bridgehead atoms. The highest BCUT2D eigenvalue weighted by molar-refractivity contribution is 7.47. The van der Waals surface area contributed by atoms with E-state index in [2.05, 4.69) is 41.5 Å². The van der Waals surface area contributed by atoms with Crippen molar-refractivity contribution in [3.63, 3.8) is 0 Å². The number of rotatable bonds is 71. The minimum atomic E-state index is -4.95. The molecule has 0 rings (SSSR count). The van der Waals surface area contributed by atoms with Gasteiger partial charge >= 0.3 is 39.5 Å². The lowest BCUT2D eigenvalue weighted by Gasteiger charge is -2.21. The molecule has 540 valence electrons. The normalized spacial score (nSPS) is 14.4. The third kappa shape index (κ3) is 65.1. The highest BCUT2D eigenvalue weighted by atomic mass is 31.2. The van der Waals surface area contributed by atoms with Crippen LogP contribution in [-0.2, 0) is 65.4 Å². The Labute approximate surface area is 556 Å². The summed E-state index contributed by atoms with van der Waals surface area (Å²) in [6, 6.07) is 0. The van der Waals surface area contributed by atoms with E-state index in [0.717, 1.165) is 108 Å². The molecule has 6 atom stereocenters. The number of phosphoric acid groups is 2. The van der Waals surface area contributed by atoms with Gasteiger partial charge in [0.25, 0.3) is 0 Å². The fourth-order valence-electron chi connectivity index (χ4n) is 10.9. The quantitative estimate of drug-likeness (QED) is 0.0222. The van der Waals surface area contributed by atoms with Crippen LogP contribution < -0.4 is 0 Å². The molecule has 0 aromatic carbocycles. The molecule has 0 saturated heterocycles. The molecule has 0 radical (unpaired) electrons. The van der Waals surface area contributed by atoms with Crippen LogP contribution in [0.5, 0.6) is 0 Å². The van der Waals surface area contributed by atoms with Crippen LogP contribution in [0.1, 0.15) is 369 Å². The molecule has 0 aromatic rings. The van der Waals surface area contributed by atoms with Crippen molar-refractivity contribution in [2.75, 3.05) is 39.6 Å². The second kappa shape index (κ2) is 64.1. The molecule has 0 fully saturated rings. The maximum atomic E-state index is 13.0. The Bertz CT molecular complexity index is 1770. The van der Waals surface area contributed by atoms with E-state index in [9.17, 15) is 43.2 Å². The Morgan fingerprint density at radius 2 is 0.560 bits per heavy atom. The first kappa shape index (κ1) is 89.1. The van der Waals surface area contributed by atoms with Gasteiger partial charge in [-0.05, 0) is 37.5 Å². The second-order valence-corrected chi connectivity index (χ2v) is 29.6. The lowest BCUT2D eigenvalue weighted by molar-refractivity contribution is -0.161. The summed E-state index contributed by atoms with van der Waals surface area (Å²) in [6.07, 6.45) is 49.9. The van der Waals surface area contributed by atoms with Crippen molar-refractivity contribution in [1.29, 1.82) is 0 Å². The second-order valence-electron chi connectivity index (χ2n) is 26.7. The minimum Gasteiger partial charge on any atom is -0.462 e. The summed E-state index contributed by atoms with van der Waals surface area (Å²) in [6.45, 7) is 9.52.